The SMILES string of the molecule is CC(C)OC(=O)c1nc[nH]c1C(=O)O. The second kappa shape index (κ2) is 3.91. The Hall–Kier alpha value is -1.85. The van der Waals surface area contributed by atoms with Crippen LogP contribution in [0.3, 0.4) is 0 Å². The molecule has 14 heavy (non-hydrogen) atoms. The highest BCUT2D eigenvalue weighted by Crippen LogP contribution is 2.06. The summed E-state index contributed by atoms with van der Waals surface area (Å²) < 4.78 is 4.80. The highest BCUT2D eigenvalue weighted by Gasteiger charge is 2.21. The maximum atomic E-state index is 11.3. The first-order valence-corrected chi connectivity index (χ1v) is 4.00. The molecule has 0 atom stereocenters. The summed E-state index contributed by atoms with van der Waals surface area (Å²) in [5.41, 5.74) is -0.457. The van der Waals surface area contributed by atoms with E-state index in [0.29, 0.717) is 0 Å². The zero-order chi connectivity index (χ0) is 10.7. The van der Waals surface area contributed by atoms with E-state index in [1.165, 1.54) is 0 Å². The quantitative estimate of drug-likeness (QED) is 0.696. The van der Waals surface area contributed by atoms with Crippen molar-refractivity contribution in [3.8, 4) is 0 Å². The van der Waals surface area contributed by atoms with Gasteiger partial charge in [-0.1, -0.05) is 0 Å². The monoisotopic (exact) mass is 198 g/mol. The maximum Gasteiger partial charge on any atom is 0.359 e. The van der Waals surface area contributed by atoms with Gasteiger partial charge in [0.1, 0.15) is 0 Å². The number of aromatic nitrogens is 2. The maximum absolute atomic E-state index is 11.3. The lowest BCUT2D eigenvalue weighted by atomic mass is 10.3. The van der Waals surface area contributed by atoms with Crippen LogP contribution in [-0.4, -0.2) is 33.1 Å². The summed E-state index contributed by atoms with van der Waals surface area (Å²) in [6, 6.07) is 0. The number of esters is 1. The second-order valence-electron chi connectivity index (χ2n) is 2.89. The van der Waals surface area contributed by atoms with Crippen LogP contribution in [0.15, 0.2) is 6.33 Å². The molecule has 0 bridgehead atoms. The molecule has 0 radical (unpaired) electrons. The summed E-state index contributed by atoms with van der Waals surface area (Å²) in [7, 11) is 0. The lowest BCUT2D eigenvalue weighted by Crippen LogP contribution is -2.15. The predicted molar refractivity (Wildman–Crippen MR) is 46.1 cm³/mol. The number of hydrogen-bond donors (Lipinski definition) is 2. The van der Waals surface area contributed by atoms with Gasteiger partial charge in [-0.15, -0.1) is 0 Å². The standard InChI is InChI=1S/C8H10N2O4/c1-4(2)14-8(13)6-5(7(11)12)9-3-10-6/h3-4H,1-2H3,(H,9,10)(H,11,12). The van der Waals surface area contributed by atoms with Crippen LogP contribution in [-0.2, 0) is 4.74 Å². The molecular weight excluding hydrogens is 188 g/mol. The van der Waals surface area contributed by atoms with E-state index in [4.69, 9.17) is 9.84 Å². The van der Waals surface area contributed by atoms with Crippen LogP contribution in [0.1, 0.15) is 34.8 Å². The van der Waals surface area contributed by atoms with Gasteiger partial charge in [0.25, 0.3) is 0 Å². The van der Waals surface area contributed by atoms with Crippen LogP contribution in [0.4, 0.5) is 0 Å². The normalized spacial score (nSPS) is 10.2. The van der Waals surface area contributed by atoms with Crippen LogP contribution in [0.5, 0.6) is 0 Å². The van der Waals surface area contributed by atoms with E-state index in [0.717, 1.165) is 6.33 Å². The smallest absolute Gasteiger partial charge is 0.359 e. The minimum absolute atomic E-state index is 0.203. The Morgan fingerprint density at radius 3 is 2.71 bits per heavy atom. The van der Waals surface area contributed by atoms with Gasteiger partial charge >= 0.3 is 11.9 Å². The lowest BCUT2D eigenvalue weighted by Gasteiger charge is -2.05. The van der Waals surface area contributed by atoms with Gasteiger partial charge in [-0.3, -0.25) is 0 Å². The minimum Gasteiger partial charge on any atom is -0.477 e. The number of nitrogens with one attached hydrogen (secondary N) is 1. The van der Waals surface area contributed by atoms with Crippen molar-refractivity contribution < 1.29 is 19.4 Å². The van der Waals surface area contributed by atoms with Crippen molar-refractivity contribution in [1.82, 2.24) is 9.97 Å². The molecule has 0 spiro atoms. The van der Waals surface area contributed by atoms with E-state index in [1.54, 1.807) is 13.8 Å². The Morgan fingerprint density at radius 1 is 1.57 bits per heavy atom. The van der Waals surface area contributed by atoms with Crippen LogP contribution in [0, 0.1) is 0 Å². The number of aromatic carboxylic acids is 1. The van der Waals surface area contributed by atoms with Gasteiger partial charge in [0.15, 0.2) is 11.4 Å². The van der Waals surface area contributed by atoms with E-state index >= 15 is 0 Å². The molecule has 0 aliphatic rings. The van der Waals surface area contributed by atoms with Crippen molar-refractivity contribution in [2.75, 3.05) is 0 Å². The first-order chi connectivity index (χ1) is 6.52. The number of carboxylic acid groups (broad SMARTS) is 1. The van der Waals surface area contributed by atoms with E-state index in [1.807, 2.05) is 0 Å². The largest absolute Gasteiger partial charge is 0.477 e. The third-order valence-electron chi connectivity index (χ3n) is 1.39. The van der Waals surface area contributed by atoms with Crippen molar-refractivity contribution in [3.63, 3.8) is 0 Å². The molecule has 0 saturated carbocycles. The number of carbonyl (C=O) groups is 2. The molecule has 0 aromatic carbocycles. The molecule has 2 N–H and O–H groups in total. The third kappa shape index (κ3) is 2.09. The summed E-state index contributed by atoms with van der Waals surface area (Å²) in [6.45, 7) is 3.34. The molecule has 76 valence electrons. The molecule has 0 fully saturated rings. The van der Waals surface area contributed by atoms with Gasteiger partial charge in [0.05, 0.1) is 12.4 Å². The summed E-state index contributed by atoms with van der Waals surface area (Å²) in [6.07, 6.45) is 0.834. The molecule has 0 unspecified atom stereocenters. The Morgan fingerprint density at radius 2 is 2.21 bits per heavy atom. The van der Waals surface area contributed by atoms with Crippen LogP contribution >= 0.6 is 0 Å². The molecule has 1 aromatic heterocycles. The fourth-order valence-electron chi connectivity index (χ4n) is 0.882. The zero-order valence-electron chi connectivity index (χ0n) is 7.77. The Bertz CT molecular complexity index is 356. The highest BCUT2D eigenvalue weighted by atomic mass is 16.5. The molecule has 1 heterocycles. The molecule has 0 saturated heterocycles. The van der Waals surface area contributed by atoms with Crippen molar-refractivity contribution in [2.45, 2.75) is 20.0 Å². The third-order valence-corrected chi connectivity index (χ3v) is 1.39. The Balaban J connectivity index is 2.90. The average molecular weight is 198 g/mol. The zero-order valence-corrected chi connectivity index (χ0v) is 7.77. The number of nitrogens with zero attached hydrogens (tertiary/aromatic N) is 1. The molecule has 1 rings (SSSR count). The number of ether oxygens (including phenoxy) is 1. The van der Waals surface area contributed by atoms with Gasteiger partial charge in [-0.05, 0) is 13.8 Å². The van der Waals surface area contributed by atoms with Crippen molar-refractivity contribution in [3.05, 3.63) is 17.7 Å². The molecule has 6 nitrogen and oxygen atoms in total. The molecule has 6 heteroatoms. The molecule has 0 aliphatic carbocycles. The van der Waals surface area contributed by atoms with E-state index in [2.05, 4.69) is 9.97 Å². The van der Waals surface area contributed by atoms with Gasteiger partial charge in [-0.2, -0.15) is 0 Å². The molecular formula is C8H10N2O4. The fraction of sp³-hybridized carbons (Fsp3) is 0.375. The van der Waals surface area contributed by atoms with E-state index in [-0.39, 0.29) is 17.5 Å². The fourth-order valence-corrected chi connectivity index (χ4v) is 0.882. The van der Waals surface area contributed by atoms with Crippen LogP contribution < -0.4 is 0 Å². The Kier molecular flexibility index (Phi) is 2.85. The predicted octanol–water partition coefficient (Wildman–Crippen LogP) is 0.673. The number of aromatic amines is 1. The molecule has 0 aliphatic heterocycles. The van der Waals surface area contributed by atoms with Crippen LogP contribution in [0.25, 0.3) is 0 Å². The van der Waals surface area contributed by atoms with Crippen molar-refractivity contribution in [1.29, 1.82) is 0 Å². The summed E-state index contributed by atoms with van der Waals surface area (Å²) in [5, 5.41) is 8.66. The average Bonchev–Trinajstić information content (AvgIpc) is 2.49. The van der Waals surface area contributed by atoms with Gasteiger partial charge in [-0.25, -0.2) is 14.6 Å². The summed E-state index contributed by atoms with van der Waals surface area (Å²) >= 11 is 0. The first-order valence-electron chi connectivity index (χ1n) is 4.00. The molecule has 0 amide bonds. The lowest BCUT2D eigenvalue weighted by molar-refractivity contribution is 0.0364. The van der Waals surface area contributed by atoms with Crippen LogP contribution in [0.2, 0.25) is 0 Å². The Labute approximate surface area is 79.9 Å². The summed E-state index contributed by atoms with van der Waals surface area (Å²) in [4.78, 5) is 27.8. The molecule has 1 aromatic rings. The topological polar surface area (TPSA) is 92.3 Å². The minimum atomic E-state index is -1.24. The number of carboxylic acids is 1. The van der Waals surface area contributed by atoms with Gasteiger partial charge in [0, 0.05) is 0 Å². The summed E-state index contributed by atoms with van der Waals surface area (Å²) in [5.74, 6) is -1.98. The first kappa shape index (κ1) is 10.2. The number of hydrogen-bond acceptors (Lipinski definition) is 4. The number of carbonyl (C=O) groups excluding carboxylic acids is 1. The number of imidazole rings is 1. The van der Waals surface area contributed by atoms with Gasteiger partial charge < -0.3 is 14.8 Å². The van der Waals surface area contributed by atoms with Gasteiger partial charge in [0.2, 0.25) is 0 Å². The van der Waals surface area contributed by atoms with Crippen molar-refractivity contribution >= 4 is 11.9 Å². The van der Waals surface area contributed by atoms with E-state index in [9.17, 15) is 9.59 Å². The highest BCUT2D eigenvalue weighted by molar-refractivity contribution is 5.99. The van der Waals surface area contributed by atoms with Crippen molar-refractivity contribution in [2.24, 2.45) is 0 Å². The van der Waals surface area contributed by atoms with E-state index < -0.39 is 11.9 Å². The second-order valence-corrected chi connectivity index (χ2v) is 2.89. The number of H-pyrrole nitrogens is 1. The number of rotatable bonds is 3.